The molecule has 0 bridgehead atoms. The van der Waals surface area contributed by atoms with Gasteiger partial charge in [-0.3, -0.25) is 4.79 Å². The fourth-order valence-corrected chi connectivity index (χ4v) is 1.45. The van der Waals surface area contributed by atoms with Crippen LogP contribution in [0.25, 0.3) is 0 Å². The number of nitrogens with two attached hydrogens (primary N) is 1. The summed E-state index contributed by atoms with van der Waals surface area (Å²) in [6.07, 6.45) is 0.857. The van der Waals surface area contributed by atoms with Crippen LogP contribution in [-0.2, 0) is 4.79 Å². The summed E-state index contributed by atoms with van der Waals surface area (Å²) in [5.41, 5.74) is 7.46. The summed E-state index contributed by atoms with van der Waals surface area (Å²) in [6.45, 7) is 5.91. The zero-order valence-corrected chi connectivity index (χ0v) is 10.2. The van der Waals surface area contributed by atoms with Crippen molar-refractivity contribution in [2.45, 2.75) is 33.2 Å². The standard InChI is InChI=1S/C13H20N2O/c1-4-9(2)13(16)15-10(3)11-6-5-7-12(14)8-11/h5-10H,4,14H2,1-3H3,(H,15,16). The molecule has 0 aliphatic heterocycles. The van der Waals surface area contributed by atoms with Gasteiger partial charge in [0.1, 0.15) is 0 Å². The van der Waals surface area contributed by atoms with Gasteiger partial charge in [0.15, 0.2) is 0 Å². The highest BCUT2D eigenvalue weighted by molar-refractivity contribution is 5.78. The zero-order chi connectivity index (χ0) is 12.1. The minimum Gasteiger partial charge on any atom is -0.399 e. The first-order chi connectivity index (χ1) is 7.54. The van der Waals surface area contributed by atoms with Gasteiger partial charge in [0.2, 0.25) is 5.91 Å². The van der Waals surface area contributed by atoms with Crippen LogP contribution < -0.4 is 11.1 Å². The molecule has 2 atom stereocenters. The van der Waals surface area contributed by atoms with Crippen LogP contribution in [0.4, 0.5) is 5.69 Å². The number of anilines is 1. The van der Waals surface area contributed by atoms with Gasteiger partial charge in [0, 0.05) is 11.6 Å². The summed E-state index contributed by atoms with van der Waals surface area (Å²) in [6, 6.07) is 7.60. The number of carbonyl (C=O) groups excluding carboxylic acids is 1. The Kier molecular flexibility index (Phi) is 4.35. The molecule has 16 heavy (non-hydrogen) atoms. The molecule has 0 saturated carbocycles. The van der Waals surface area contributed by atoms with Crippen LogP contribution in [-0.4, -0.2) is 5.91 Å². The normalized spacial score (nSPS) is 14.2. The fraction of sp³-hybridized carbons (Fsp3) is 0.462. The quantitative estimate of drug-likeness (QED) is 0.766. The maximum Gasteiger partial charge on any atom is 0.223 e. The van der Waals surface area contributed by atoms with Crippen molar-refractivity contribution in [1.29, 1.82) is 0 Å². The molecule has 0 aromatic heterocycles. The van der Waals surface area contributed by atoms with E-state index < -0.39 is 0 Å². The van der Waals surface area contributed by atoms with Crippen LogP contribution >= 0.6 is 0 Å². The van der Waals surface area contributed by atoms with E-state index >= 15 is 0 Å². The van der Waals surface area contributed by atoms with Gasteiger partial charge < -0.3 is 11.1 Å². The van der Waals surface area contributed by atoms with Gasteiger partial charge in [-0.1, -0.05) is 26.0 Å². The molecule has 0 aliphatic rings. The maximum absolute atomic E-state index is 11.7. The summed E-state index contributed by atoms with van der Waals surface area (Å²) >= 11 is 0. The first kappa shape index (κ1) is 12.6. The van der Waals surface area contributed by atoms with Crippen molar-refractivity contribution in [2.75, 3.05) is 5.73 Å². The number of hydrogen-bond donors (Lipinski definition) is 2. The second-order valence-corrected chi connectivity index (χ2v) is 4.21. The smallest absolute Gasteiger partial charge is 0.223 e. The second-order valence-electron chi connectivity index (χ2n) is 4.21. The number of amides is 1. The summed E-state index contributed by atoms with van der Waals surface area (Å²) in [4.78, 5) is 11.7. The van der Waals surface area contributed by atoms with E-state index in [2.05, 4.69) is 5.32 Å². The molecule has 1 aromatic rings. The Morgan fingerprint density at radius 2 is 2.12 bits per heavy atom. The van der Waals surface area contributed by atoms with Crippen LogP contribution in [0.15, 0.2) is 24.3 Å². The molecule has 88 valence electrons. The lowest BCUT2D eigenvalue weighted by molar-refractivity contribution is -0.125. The van der Waals surface area contributed by atoms with Crippen molar-refractivity contribution in [3.05, 3.63) is 29.8 Å². The molecule has 0 heterocycles. The average Bonchev–Trinajstić information content (AvgIpc) is 2.27. The third kappa shape index (κ3) is 3.26. The molecule has 3 N–H and O–H groups in total. The molecule has 0 spiro atoms. The Hall–Kier alpha value is -1.51. The van der Waals surface area contributed by atoms with Gasteiger partial charge >= 0.3 is 0 Å². The highest BCUT2D eigenvalue weighted by atomic mass is 16.1. The van der Waals surface area contributed by atoms with Crippen LogP contribution in [0.2, 0.25) is 0 Å². The fourth-order valence-electron chi connectivity index (χ4n) is 1.45. The topological polar surface area (TPSA) is 55.1 Å². The molecule has 0 radical (unpaired) electrons. The number of carbonyl (C=O) groups is 1. The zero-order valence-electron chi connectivity index (χ0n) is 10.2. The number of rotatable bonds is 4. The molecule has 0 fully saturated rings. The van der Waals surface area contributed by atoms with Gasteiger partial charge in [-0.25, -0.2) is 0 Å². The van der Waals surface area contributed by atoms with Crippen molar-refractivity contribution in [3.63, 3.8) is 0 Å². The van der Waals surface area contributed by atoms with Crippen LogP contribution in [0.5, 0.6) is 0 Å². The van der Waals surface area contributed by atoms with Gasteiger partial charge in [0.25, 0.3) is 0 Å². The summed E-state index contributed by atoms with van der Waals surface area (Å²) in [5, 5.41) is 2.98. The van der Waals surface area contributed by atoms with Gasteiger partial charge in [-0.15, -0.1) is 0 Å². The molecule has 0 aliphatic carbocycles. The van der Waals surface area contributed by atoms with Crippen LogP contribution in [0.3, 0.4) is 0 Å². The highest BCUT2D eigenvalue weighted by Crippen LogP contribution is 2.16. The molecule has 2 unspecified atom stereocenters. The van der Waals surface area contributed by atoms with E-state index in [1.807, 2.05) is 45.0 Å². The van der Waals surface area contributed by atoms with Crippen molar-refractivity contribution < 1.29 is 4.79 Å². The van der Waals surface area contributed by atoms with Gasteiger partial charge in [-0.2, -0.15) is 0 Å². The van der Waals surface area contributed by atoms with E-state index in [0.29, 0.717) is 0 Å². The molecule has 1 rings (SSSR count). The summed E-state index contributed by atoms with van der Waals surface area (Å²) < 4.78 is 0. The van der Waals surface area contributed by atoms with Gasteiger partial charge in [-0.05, 0) is 31.0 Å². The van der Waals surface area contributed by atoms with E-state index in [0.717, 1.165) is 17.7 Å². The average molecular weight is 220 g/mol. The second kappa shape index (κ2) is 5.54. The van der Waals surface area contributed by atoms with Crippen molar-refractivity contribution in [3.8, 4) is 0 Å². The van der Waals surface area contributed by atoms with E-state index in [-0.39, 0.29) is 17.9 Å². The van der Waals surface area contributed by atoms with Crippen LogP contribution in [0, 0.1) is 5.92 Å². The minimum absolute atomic E-state index is 0.00463. The summed E-state index contributed by atoms with van der Waals surface area (Å²) in [5.74, 6) is 0.154. The van der Waals surface area contributed by atoms with E-state index in [1.54, 1.807) is 0 Å². The number of hydrogen-bond acceptors (Lipinski definition) is 2. The molecule has 0 saturated heterocycles. The van der Waals surface area contributed by atoms with Crippen molar-refractivity contribution in [2.24, 2.45) is 5.92 Å². The largest absolute Gasteiger partial charge is 0.399 e. The number of nitrogen functional groups attached to an aromatic ring is 1. The van der Waals surface area contributed by atoms with Crippen molar-refractivity contribution >= 4 is 11.6 Å². The third-order valence-electron chi connectivity index (χ3n) is 2.83. The SMILES string of the molecule is CCC(C)C(=O)NC(C)c1cccc(N)c1. The molecule has 3 heteroatoms. The lowest BCUT2D eigenvalue weighted by atomic mass is 10.0. The monoisotopic (exact) mass is 220 g/mol. The predicted molar refractivity (Wildman–Crippen MR) is 66.9 cm³/mol. The molecule has 1 amide bonds. The minimum atomic E-state index is 0.00463. The summed E-state index contributed by atoms with van der Waals surface area (Å²) in [7, 11) is 0. The molecule has 3 nitrogen and oxygen atoms in total. The Balaban J connectivity index is 2.65. The third-order valence-corrected chi connectivity index (χ3v) is 2.83. The number of nitrogens with one attached hydrogen (secondary N) is 1. The Morgan fingerprint density at radius 1 is 1.44 bits per heavy atom. The lowest BCUT2D eigenvalue weighted by Crippen LogP contribution is -2.31. The first-order valence-corrected chi connectivity index (χ1v) is 5.70. The first-order valence-electron chi connectivity index (χ1n) is 5.70. The molecular formula is C13H20N2O. The van der Waals surface area contributed by atoms with Crippen LogP contribution in [0.1, 0.15) is 38.8 Å². The van der Waals surface area contributed by atoms with E-state index in [4.69, 9.17) is 5.73 Å². The number of benzene rings is 1. The highest BCUT2D eigenvalue weighted by Gasteiger charge is 2.14. The molecular weight excluding hydrogens is 200 g/mol. The lowest BCUT2D eigenvalue weighted by Gasteiger charge is -2.17. The molecule has 1 aromatic carbocycles. The van der Waals surface area contributed by atoms with E-state index in [1.165, 1.54) is 0 Å². The van der Waals surface area contributed by atoms with Crippen molar-refractivity contribution in [1.82, 2.24) is 5.32 Å². The maximum atomic E-state index is 11.7. The van der Waals surface area contributed by atoms with E-state index in [9.17, 15) is 4.79 Å². The Morgan fingerprint density at radius 3 is 2.69 bits per heavy atom. The predicted octanol–water partition coefficient (Wildman–Crippen LogP) is 2.49. The Labute approximate surface area is 97.0 Å². The Bertz CT molecular complexity index is 363. The van der Waals surface area contributed by atoms with Gasteiger partial charge in [0.05, 0.1) is 6.04 Å².